The quantitative estimate of drug-likeness (QED) is 0.781. The van der Waals surface area contributed by atoms with Crippen molar-refractivity contribution in [3.8, 4) is 11.5 Å². The van der Waals surface area contributed by atoms with E-state index in [0.717, 1.165) is 11.1 Å². The van der Waals surface area contributed by atoms with E-state index in [1.807, 2.05) is 48.5 Å². The third-order valence-corrected chi connectivity index (χ3v) is 3.82. The number of fused-ring (bicyclic) bond motifs is 2. The molecule has 3 aromatic rings. The number of carbonyl (C=O) groups is 1. The van der Waals surface area contributed by atoms with Gasteiger partial charge in [0.15, 0.2) is 5.82 Å². The second-order valence-corrected chi connectivity index (χ2v) is 5.42. The second kappa shape index (κ2) is 5.28. The van der Waals surface area contributed by atoms with Gasteiger partial charge in [0.1, 0.15) is 17.3 Å². The molecule has 1 amide bonds. The molecule has 114 valence electrons. The number of para-hydroxylation sites is 2. The van der Waals surface area contributed by atoms with Gasteiger partial charge in [0, 0.05) is 17.2 Å². The third kappa shape index (κ3) is 2.36. The van der Waals surface area contributed by atoms with E-state index in [4.69, 9.17) is 9.26 Å². The van der Waals surface area contributed by atoms with Gasteiger partial charge in [0.25, 0.3) is 0 Å². The number of nitrogens with zero attached hydrogens (tertiary/aromatic N) is 1. The lowest BCUT2D eigenvalue weighted by molar-refractivity contribution is -0.116. The molecular weight excluding hydrogens is 292 g/mol. The zero-order valence-corrected chi connectivity index (χ0v) is 12.4. The molecule has 1 N–H and O–H groups in total. The molecule has 0 aliphatic carbocycles. The molecule has 0 saturated carbocycles. The summed E-state index contributed by atoms with van der Waals surface area (Å²) in [6, 6.07) is 16.8. The highest BCUT2D eigenvalue weighted by atomic mass is 16.5. The molecule has 23 heavy (non-hydrogen) atoms. The van der Waals surface area contributed by atoms with Crippen LogP contribution in [0.5, 0.6) is 11.5 Å². The van der Waals surface area contributed by atoms with Gasteiger partial charge in [-0.3, -0.25) is 4.79 Å². The number of rotatable bonds is 2. The molecule has 0 radical (unpaired) electrons. The monoisotopic (exact) mass is 306 g/mol. The number of anilines is 1. The Kier molecular flexibility index (Phi) is 3.12. The van der Waals surface area contributed by atoms with Crippen LogP contribution >= 0.6 is 0 Å². The molecule has 2 heterocycles. The Labute approximate surface area is 132 Å². The second-order valence-electron chi connectivity index (χ2n) is 5.42. The first-order valence-electron chi connectivity index (χ1n) is 7.32. The number of carbonyl (C=O) groups excluding carboxylic acids is 1. The number of aryl methyl sites for hydroxylation is 1. The van der Waals surface area contributed by atoms with Crippen molar-refractivity contribution in [2.45, 2.75) is 12.8 Å². The van der Waals surface area contributed by atoms with Gasteiger partial charge < -0.3 is 14.6 Å². The van der Waals surface area contributed by atoms with E-state index < -0.39 is 5.92 Å². The molecule has 5 nitrogen and oxygen atoms in total. The summed E-state index contributed by atoms with van der Waals surface area (Å²) in [4.78, 5) is 12.9. The smallest absolute Gasteiger partial charge is 0.237 e. The Morgan fingerprint density at radius 1 is 1.04 bits per heavy atom. The minimum absolute atomic E-state index is 0.165. The van der Waals surface area contributed by atoms with Crippen LogP contribution in [0.25, 0.3) is 0 Å². The first-order valence-corrected chi connectivity index (χ1v) is 7.32. The van der Waals surface area contributed by atoms with Crippen molar-refractivity contribution in [3.05, 3.63) is 71.5 Å². The fourth-order valence-corrected chi connectivity index (χ4v) is 2.82. The molecule has 0 spiro atoms. The van der Waals surface area contributed by atoms with Crippen molar-refractivity contribution < 1.29 is 14.1 Å². The minimum Gasteiger partial charge on any atom is -0.457 e. The van der Waals surface area contributed by atoms with E-state index in [9.17, 15) is 4.79 Å². The Bertz CT molecular complexity index is 840. The van der Waals surface area contributed by atoms with Gasteiger partial charge in [-0.1, -0.05) is 41.6 Å². The topological polar surface area (TPSA) is 64.4 Å². The minimum atomic E-state index is -0.451. The van der Waals surface area contributed by atoms with Crippen LogP contribution < -0.4 is 10.1 Å². The number of hydrogen-bond acceptors (Lipinski definition) is 4. The van der Waals surface area contributed by atoms with Crippen molar-refractivity contribution in [1.29, 1.82) is 0 Å². The van der Waals surface area contributed by atoms with E-state index in [0.29, 0.717) is 23.1 Å². The molecular formula is C18H14N2O3. The molecule has 0 atom stereocenters. The summed E-state index contributed by atoms with van der Waals surface area (Å²) in [6.45, 7) is 1.78. The van der Waals surface area contributed by atoms with Crippen LogP contribution in [0.2, 0.25) is 0 Å². The van der Waals surface area contributed by atoms with Gasteiger partial charge in [-0.2, -0.15) is 0 Å². The van der Waals surface area contributed by atoms with Gasteiger partial charge in [-0.15, -0.1) is 0 Å². The fourth-order valence-electron chi connectivity index (χ4n) is 2.82. The predicted octanol–water partition coefficient (Wildman–Crippen LogP) is 3.86. The highest BCUT2D eigenvalue weighted by molar-refractivity contribution is 5.98. The highest BCUT2D eigenvalue weighted by Crippen LogP contribution is 2.44. The summed E-state index contributed by atoms with van der Waals surface area (Å²) in [5, 5.41) is 6.64. The highest BCUT2D eigenvalue weighted by Gasteiger charge is 2.32. The van der Waals surface area contributed by atoms with Crippen molar-refractivity contribution in [2.75, 3.05) is 5.32 Å². The van der Waals surface area contributed by atoms with Gasteiger partial charge >= 0.3 is 0 Å². The molecule has 1 aromatic heterocycles. The van der Waals surface area contributed by atoms with Crippen LogP contribution in [0.1, 0.15) is 22.8 Å². The molecule has 4 rings (SSSR count). The summed E-state index contributed by atoms with van der Waals surface area (Å²) in [6.07, 6.45) is 0. The number of amides is 1. The molecule has 2 aromatic carbocycles. The van der Waals surface area contributed by atoms with Gasteiger partial charge in [0.2, 0.25) is 5.91 Å². The van der Waals surface area contributed by atoms with Gasteiger partial charge in [0.05, 0.1) is 5.92 Å². The number of aromatic nitrogens is 1. The molecule has 0 fully saturated rings. The van der Waals surface area contributed by atoms with Crippen LogP contribution in [0.3, 0.4) is 0 Å². The van der Waals surface area contributed by atoms with Crippen LogP contribution in [-0.2, 0) is 4.79 Å². The van der Waals surface area contributed by atoms with Crippen molar-refractivity contribution in [3.63, 3.8) is 0 Å². The van der Waals surface area contributed by atoms with Crippen LogP contribution in [-0.4, -0.2) is 11.1 Å². The standard InChI is InChI=1S/C18H14N2O3/c1-11-10-16(20-23-11)19-18(21)17-12-6-2-4-8-14(12)22-15-9-5-3-7-13(15)17/h2-10,17H,1H3,(H,19,20,21). The van der Waals surface area contributed by atoms with E-state index in [1.54, 1.807) is 13.0 Å². The normalized spacial score (nSPS) is 12.9. The van der Waals surface area contributed by atoms with E-state index in [2.05, 4.69) is 10.5 Å². The maximum absolute atomic E-state index is 12.9. The first-order chi connectivity index (χ1) is 11.2. The summed E-state index contributed by atoms with van der Waals surface area (Å²) < 4.78 is 10.9. The predicted molar refractivity (Wildman–Crippen MR) is 84.7 cm³/mol. The van der Waals surface area contributed by atoms with E-state index in [-0.39, 0.29) is 5.91 Å². The summed E-state index contributed by atoms with van der Waals surface area (Å²) >= 11 is 0. The lowest BCUT2D eigenvalue weighted by atomic mass is 9.87. The van der Waals surface area contributed by atoms with Crippen LogP contribution in [0, 0.1) is 6.92 Å². The molecule has 0 unspecified atom stereocenters. The zero-order chi connectivity index (χ0) is 15.8. The molecule has 1 aliphatic rings. The largest absolute Gasteiger partial charge is 0.457 e. The van der Waals surface area contributed by atoms with Gasteiger partial charge in [-0.25, -0.2) is 0 Å². The average Bonchev–Trinajstić information content (AvgIpc) is 2.97. The Morgan fingerprint density at radius 3 is 2.22 bits per heavy atom. The zero-order valence-electron chi connectivity index (χ0n) is 12.4. The summed E-state index contributed by atoms with van der Waals surface area (Å²) in [7, 11) is 0. The first kappa shape index (κ1) is 13.6. The van der Waals surface area contributed by atoms with Gasteiger partial charge in [-0.05, 0) is 19.1 Å². The number of benzene rings is 2. The number of nitrogens with one attached hydrogen (secondary N) is 1. The maximum Gasteiger partial charge on any atom is 0.237 e. The number of hydrogen-bond donors (Lipinski definition) is 1. The van der Waals surface area contributed by atoms with Crippen LogP contribution in [0.4, 0.5) is 5.82 Å². The third-order valence-electron chi connectivity index (χ3n) is 3.82. The fraction of sp³-hybridized carbons (Fsp3) is 0.111. The summed E-state index contributed by atoms with van der Waals surface area (Å²) in [5.41, 5.74) is 1.67. The average molecular weight is 306 g/mol. The summed E-state index contributed by atoms with van der Waals surface area (Å²) in [5.74, 6) is 1.84. The molecule has 0 bridgehead atoms. The molecule has 5 heteroatoms. The molecule has 1 aliphatic heterocycles. The van der Waals surface area contributed by atoms with E-state index in [1.165, 1.54) is 0 Å². The number of ether oxygens (including phenoxy) is 1. The SMILES string of the molecule is Cc1cc(NC(=O)C2c3ccccc3Oc3ccccc32)no1. The lowest BCUT2D eigenvalue weighted by Crippen LogP contribution is -2.25. The Morgan fingerprint density at radius 2 is 1.65 bits per heavy atom. The van der Waals surface area contributed by atoms with Crippen molar-refractivity contribution in [1.82, 2.24) is 5.16 Å². The van der Waals surface area contributed by atoms with Crippen molar-refractivity contribution in [2.24, 2.45) is 0 Å². The van der Waals surface area contributed by atoms with Crippen LogP contribution in [0.15, 0.2) is 59.1 Å². The Balaban J connectivity index is 1.76. The van der Waals surface area contributed by atoms with Crippen molar-refractivity contribution >= 4 is 11.7 Å². The van der Waals surface area contributed by atoms with E-state index >= 15 is 0 Å². The Hall–Kier alpha value is -3.08. The molecule has 0 saturated heterocycles. The lowest BCUT2D eigenvalue weighted by Gasteiger charge is -2.27. The maximum atomic E-state index is 12.9.